The number of carbonyl (C=O) groups excluding carboxylic acids is 2. The van der Waals surface area contributed by atoms with Gasteiger partial charge < -0.3 is 19.3 Å². The Morgan fingerprint density at radius 3 is 2.30 bits per heavy atom. The van der Waals surface area contributed by atoms with E-state index in [0.29, 0.717) is 66.6 Å². The number of anilines is 1. The predicted octanol–water partition coefficient (Wildman–Crippen LogP) is 2.01. The lowest BCUT2D eigenvalue weighted by Gasteiger charge is -2.35. The van der Waals surface area contributed by atoms with E-state index in [1.165, 1.54) is 12.3 Å². The van der Waals surface area contributed by atoms with Crippen LogP contribution in [0.25, 0.3) is 0 Å². The second kappa shape index (κ2) is 13.7. The number of sulfonamides is 1. The molecule has 2 aliphatic rings. The molecule has 2 saturated heterocycles. The second-order valence-electron chi connectivity index (χ2n) is 10.6. The maximum absolute atomic E-state index is 13.3. The highest BCUT2D eigenvalue weighted by atomic mass is 32.2. The number of nitrogens with one attached hydrogen (secondary N) is 1. The summed E-state index contributed by atoms with van der Waals surface area (Å²) in [6.07, 6.45) is 6.95. The minimum Gasteiger partial charge on any atom is -0.463 e. The van der Waals surface area contributed by atoms with E-state index >= 15 is 0 Å². The zero-order chi connectivity index (χ0) is 31.9. The summed E-state index contributed by atoms with van der Waals surface area (Å²) < 4.78 is 37.8. The summed E-state index contributed by atoms with van der Waals surface area (Å²) in [5, 5.41) is 8.06. The van der Waals surface area contributed by atoms with Crippen molar-refractivity contribution in [3.8, 4) is 17.6 Å². The van der Waals surface area contributed by atoms with E-state index < -0.39 is 15.9 Å². The molecule has 13 nitrogen and oxygen atoms in total. The average molecular weight is 640 g/mol. The molecule has 0 spiro atoms. The molecule has 3 aromatic heterocycles. The summed E-state index contributed by atoms with van der Waals surface area (Å²) >= 11 is 0. The Bertz CT molecular complexity index is 1880. The lowest BCUT2D eigenvalue weighted by atomic mass is 10.1. The summed E-state index contributed by atoms with van der Waals surface area (Å²) in [5.41, 5.74) is 2.11. The first-order valence-electron chi connectivity index (χ1n) is 14.5. The van der Waals surface area contributed by atoms with Crippen LogP contribution in [0.3, 0.4) is 0 Å². The lowest BCUT2D eigenvalue weighted by Crippen LogP contribution is -2.49. The van der Waals surface area contributed by atoms with E-state index in [2.05, 4.69) is 32.0 Å². The number of nitrogens with zero attached hydrogens (tertiary/aromatic N) is 6. The van der Waals surface area contributed by atoms with Gasteiger partial charge in [0.1, 0.15) is 5.75 Å². The van der Waals surface area contributed by atoms with E-state index in [0.717, 1.165) is 6.42 Å². The van der Waals surface area contributed by atoms with Crippen LogP contribution in [0.15, 0.2) is 79.4 Å². The highest BCUT2D eigenvalue weighted by molar-refractivity contribution is 7.89. The minimum atomic E-state index is -3.91. The van der Waals surface area contributed by atoms with E-state index in [-0.39, 0.29) is 23.6 Å². The Hall–Kier alpha value is -5.39. The van der Waals surface area contributed by atoms with Gasteiger partial charge in [0.2, 0.25) is 16.3 Å². The largest absolute Gasteiger partial charge is 0.463 e. The fraction of sp³-hybridized carbons (Fsp3) is 0.250. The summed E-state index contributed by atoms with van der Waals surface area (Å²) in [6.45, 7) is 2.52. The highest BCUT2D eigenvalue weighted by Gasteiger charge is 2.25. The maximum Gasteiger partial charge on any atom is 0.285 e. The molecule has 2 amide bonds. The van der Waals surface area contributed by atoms with Gasteiger partial charge in [-0.25, -0.2) is 13.1 Å². The number of piperazine rings is 1. The van der Waals surface area contributed by atoms with Crippen molar-refractivity contribution >= 4 is 27.7 Å². The van der Waals surface area contributed by atoms with E-state index in [1.54, 1.807) is 72.0 Å². The standard InChI is InChI=1S/C32H29N7O6S/c40-31(37-46(42,43)22-23-4-2-1-3-5-23)28-8-9-29(36-35-28)38-11-13-39(14-12-38)32(41)26-16-24(18-33-20-26)6-7-25-17-27(21-34-19-25)45-30-10-15-44-30/h1-5,8-9,16-21,30H,10-15,22H2,(H,37,40). The highest BCUT2D eigenvalue weighted by Crippen LogP contribution is 2.19. The summed E-state index contributed by atoms with van der Waals surface area (Å²) in [5.74, 6) is 5.81. The van der Waals surface area contributed by atoms with Gasteiger partial charge in [0.15, 0.2) is 11.5 Å². The van der Waals surface area contributed by atoms with Gasteiger partial charge in [0.25, 0.3) is 11.8 Å². The molecule has 0 saturated carbocycles. The molecule has 46 heavy (non-hydrogen) atoms. The quantitative estimate of drug-likeness (QED) is 0.281. The topological polar surface area (TPSA) is 157 Å². The van der Waals surface area contributed by atoms with Gasteiger partial charge in [-0.15, -0.1) is 10.2 Å². The van der Waals surface area contributed by atoms with Crippen LogP contribution in [0, 0.1) is 11.8 Å². The summed E-state index contributed by atoms with van der Waals surface area (Å²) in [6, 6.07) is 15.1. The molecule has 6 rings (SSSR count). The number of aromatic nitrogens is 4. The Labute approximate surface area is 265 Å². The monoisotopic (exact) mass is 639 g/mol. The molecular formula is C32H29N7O6S. The van der Waals surface area contributed by atoms with Crippen molar-refractivity contribution in [1.29, 1.82) is 0 Å². The van der Waals surface area contributed by atoms with Crippen molar-refractivity contribution in [2.45, 2.75) is 18.5 Å². The van der Waals surface area contributed by atoms with Crippen LogP contribution in [0.2, 0.25) is 0 Å². The van der Waals surface area contributed by atoms with Gasteiger partial charge in [0, 0.05) is 62.3 Å². The number of benzene rings is 1. The molecule has 1 unspecified atom stereocenters. The normalized spacial score (nSPS) is 16.0. The van der Waals surface area contributed by atoms with E-state index in [9.17, 15) is 18.0 Å². The molecule has 14 heteroatoms. The Kier molecular flexibility index (Phi) is 9.13. The fourth-order valence-electron chi connectivity index (χ4n) is 4.74. The molecule has 5 heterocycles. The summed E-state index contributed by atoms with van der Waals surface area (Å²) in [7, 11) is -3.91. The van der Waals surface area contributed by atoms with Crippen molar-refractivity contribution in [2.75, 3.05) is 37.7 Å². The molecule has 2 fully saturated rings. The van der Waals surface area contributed by atoms with Crippen LogP contribution in [-0.4, -0.2) is 84.4 Å². The molecule has 1 aromatic carbocycles. The third-order valence-electron chi connectivity index (χ3n) is 7.20. The van der Waals surface area contributed by atoms with E-state index in [4.69, 9.17) is 9.47 Å². The van der Waals surface area contributed by atoms with Gasteiger partial charge >= 0.3 is 0 Å². The van der Waals surface area contributed by atoms with Crippen LogP contribution in [0.1, 0.15) is 44.0 Å². The average Bonchev–Trinajstić information content (AvgIpc) is 3.06. The molecule has 4 aromatic rings. The number of hydrogen-bond donors (Lipinski definition) is 1. The minimum absolute atomic E-state index is 0.120. The van der Waals surface area contributed by atoms with Crippen molar-refractivity contribution in [2.24, 2.45) is 0 Å². The first kappa shape index (κ1) is 30.6. The van der Waals surface area contributed by atoms with Crippen LogP contribution in [0.4, 0.5) is 5.82 Å². The van der Waals surface area contributed by atoms with Gasteiger partial charge in [0.05, 0.1) is 24.1 Å². The van der Waals surface area contributed by atoms with Gasteiger partial charge in [-0.1, -0.05) is 42.2 Å². The Morgan fingerprint density at radius 2 is 1.63 bits per heavy atom. The lowest BCUT2D eigenvalue weighted by molar-refractivity contribution is -0.165. The van der Waals surface area contributed by atoms with Crippen LogP contribution in [-0.2, 0) is 20.5 Å². The van der Waals surface area contributed by atoms with Crippen molar-refractivity contribution in [3.05, 3.63) is 107 Å². The zero-order valence-electron chi connectivity index (χ0n) is 24.6. The summed E-state index contributed by atoms with van der Waals surface area (Å²) in [4.78, 5) is 37.8. The third kappa shape index (κ3) is 7.81. The van der Waals surface area contributed by atoms with Crippen LogP contribution < -0.4 is 14.4 Å². The SMILES string of the molecule is O=C(NS(=O)(=O)Cc1ccccc1)c1ccc(N2CCN(C(=O)c3cncc(C#Cc4cncc(OC5CCO5)c4)c3)CC2)nn1. The molecule has 0 radical (unpaired) electrons. The molecule has 0 aliphatic carbocycles. The number of ether oxygens (including phenoxy) is 2. The first-order chi connectivity index (χ1) is 22.3. The molecule has 0 bridgehead atoms. The molecular weight excluding hydrogens is 610 g/mol. The fourth-order valence-corrected chi connectivity index (χ4v) is 5.83. The molecule has 2 aliphatic heterocycles. The van der Waals surface area contributed by atoms with Crippen molar-refractivity contribution in [1.82, 2.24) is 29.8 Å². The second-order valence-corrected chi connectivity index (χ2v) is 12.3. The number of rotatable bonds is 8. The third-order valence-corrected chi connectivity index (χ3v) is 8.41. The predicted molar refractivity (Wildman–Crippen MR) is 166 cm³/mol. The molecule has 1 N–H and O–H groups in total. The van der Waals surface area contributed by atoms with Gasteiger partial charge in [-0.05, 0) is 29.8 Å². The van der Waals surface area contributed by atoms with Gasteiger partial charge in [-0.2, -0.15) is 0 Å². The van der Waals surface area contributed by atoms with E-state index in [1.807, 2.05) is 9.62 Å². The number of pyridine rings is 2. The number of hydrogen-bond acceptors (Lipinski definition) is 11. The Morgan fingerprint density at radius 1 is 0.913 bits per heavy atom. The van der Waals surface area contributed by atoms with Crippen LogP contribution >= 0.6 is 0 Å². The number of amides is 2. The molecule has 1 atom stereocenters. The smallest absolute Gasteiger partial charge is 0.285 e. The molecule has 234 valence electrons. The maximum atomic E-state index is 13.3. The van der Waals surface area contributed by atoms with Crippen molar-refractivity contribution in [3.63, 3.8) is 0 Å². The zero-order valence-corrected chi connectivity index (χ0v) is 25.4. The van der Waals surface area contributed by atoms with Gasteiger partial charge in [-0.3, -0.25) is 19.6 Å². The van der Waals surface area contributed by atoms with Crippen molar-refractivity contribution < 1.29 is 27.5 Å². The number of carbonyl (C=O) groups is 2. The van der Waals surface area contributed by atoms with Crippen LogP contribution in [0.5, 0.6) is 5.75 Å². The Balaban J connectivity index is 1.02. The first-order valence-corrected chi connectivity index (χ1v) is 16.1.